The molecule has 0 aliphatic carbocycles. The Labute approximate surface area is 93.2 Å². The third kappa shape index (κ3) is 5.50. The van der Waals surface area contributed by atoms with Crippen molar-refractivity contribution in [2.75, 3.05) is 26.3 Å². The maximum Gasteiger partial charge on any atom is 0.0700 e. The summed E-state index contributed by atoms with van der Waals surface area (Å²) >= 11 is 0. The largest absolute Gasteiger partial charge is 0.396 e. The second-order valence-electron chi connectivity index (χ2n) is 4.46. The molecule has 15 heavy (non-hydrogen) atoms. The molecule has 1 aliphatic rings. The summed E-state index contributed by atoms with van der Waals surface area (Å²) in [6.45, 7) is 5.44. The Hall–Kier alpha value is -0.120. The number of hydrogen-bond acceptors (Lipinski definition) is 3. The Bertz CT molecular complexity index is 141. The van der Waals surface area contributed by atoms with Gasteiger partial charge in [-0.15, -0.1) is 0 Å². The van der Waals surface area contributed by atoms with E-state index in [0.29, 0.717) is 18.6 Å². The Kier molecular flexibility index (Phi) is 6.98. The van der Waals surface area contributed by atoms with E-state index in [9.17, 15) is 0 Å². The second-order valence-corrected chi connectivity index (χ2v) is 4.46. The van der Waals surface area contributed by atoms with Crippen LogP contribution in [0.15, 0.2) is 0 Å². The number of aliphatic hydroxyl groups is 1. The summed E-state index contributed by atoms with van der Waals surface area (Å²) in [6.07, 6.45) is 6.17. The van der Waals surface area contributed by atoms with E-state index in [4.69, 9.17) is 9.84 Å². The van der Waals surface area contributed by atoms with Crippen LogP contribution in [0.5, 0.6) is 0 Å². The van der Waals surface area contributed by atoms with Crippen molar-refractivity contribution in [2.45, 2.75) is 45.1 Å². The molecule has 3 nitrogen and oxygen atoms in total. The zero-order chi connectivity index (χ0) is 10.9. The van der Waals surface area contributed by atoms with Crippen molar-refractivity contribution in [2.24, 2.45) is 5.92 Å². The van der Waals surface area contributed by atoms with Gasteiger partial charge in [-0.25, -0.2) is 0 Å². The first-order chi connectivity index (χ1) is 7.36. The molecule has 90 valence electrons. The minimum absolute atomic E-state index is 0.312. The van der Waals surface area contributed by atoms with Crippen molar-refractivity contribution in [1.29, 1.82) is 0 Å². The van der Waals surface area contributed by atoms with Crippen LogP contribution in [0.3, 0.4) is 0 Å². The fourth-order valence-electron chi connectivity index (χ4n) is 2.19. The molecule has 0 aromatic heterocycles. The van der Waals surface area contributed by atoms with E-state index >= 15 is 0 Å². The Morgan fingerprint density at radius 3 is 2.93 bits per heavy atom. The lowest BCUT2D eigenvalue weighted by molar-refractivity contribution is 0.108. The molecule has 1 saturated heterocycles. The van der Waals surface area contributed by atoms with Gasteiger partial charge < -0.3 is 15.2 Å². The Morgan fingerprint density at radius 2 is 2.33 bits per heavy atom. The molecule has 2 N–H and O–H groups in total. The van der Waals surface area contributed by atoms with Gasteiger partial charge in [0.15, 0.2) is 0 Å². The average molecular weight is 215 g/mol. The number of rotatable bonds is 8. The van der Waals surface area contributed by atoms with Crippen LogP contribution >= 0.6 is 0 Å². The zero-order valence-electron chi connectivity index (χ0n) is 9.87. The number of nitrogens with one attached hydrogen (secondary N) is 1. The SMILES string of the molecule is CCCC(CCO)CNCC1CCCO1. The Balaban J connectivity index is 2.04. The number of ether oxygens (including phenoxy) is 1. The molecule has 1 fully saturated rings. The quantitative estimate of drug-likeness (QED) is 0.645. The highest BCUT2D eigenvalue weighted by molar-refractivity contribution is 4.69. The molecule has 2 atom stereocenters. The molecular formula is C12H25NO2. The summed E-state index contributed by atoms with van der Waals surface area (Å²) in [7, 11) is 0. The van der Waals surface area contributed by atoms with Gasteiger partial charge in [0.25, 0.3) is 0 Å². The van der Waals surface area contributed by atoms with E-state index in [1.807, 2.05) is 0 Å². The highest BCUT2D eigenvalue weighted by Crippen LogP contribution is 2.12. The number of aliphatic hydroxyl groups excluding tert-OH is 1. The Morgan fingerprint density at radius 1 is 1.47 bits per heavy atom. The summed E-state index contributed by atoms with van der Waals surface area (Å²) in [6, 6.07) is 0. The molecule has 1 heterocycles. The highest BCUT2D eigenvalue weighted by Gasteiger charge is 2.15. The van der Waals surface area contributed by atoms with Crippen LogP contribution < -0.4 is 5.32 Å². The van der Waals surface area contributed by atoms with E-state index in [0.717, 1.165) is 26.1 Å². The average Bonchev–Trinajstić information content (AvgIpc) is 2.71. The number of hydrogen-bond donors (Lipinski definition) is 2. The topological polar surface area (TPSA) is 41.5 Å². The maximum atomic E-state index is 8.92. The molecule has 3 heteroatoms. The molecule has 0 amide bonds. The lowest BCUT2D eigenvalue weighted by Crippen LogP contribution is -2.31. The summed E-state index contributed by atoms with van der Waals surface area (Å²) < 4.78 is 5.54. The standard InChI is InChI=1S/C12H25NO2/c1-2-4-11(6-7-14)9-13-10-12-5-3-8-15-12/h11-14H,2-10H2,1H3. The van der Waals surface area contributed by atoms with Crippen LogP contribution in [0.4, 0.5) is 0 Å². The lowest BCUT2D eigenvalue weighted by Gasteiger charge is -2.17. The molecule has 0 aromatic rings. The van der Waals surface area contributed by atoms with Crippen molar-refractivity contribution >= 4 is 0 Å². The first kappa shape index (κ1) is 12.9. The molecule has 0 radical (unpaired) electrons. The predicted molar refractivity (Wildman–Crippen MR) is 61.9 cm³/mol. The summed E-state index contributed by atoms with van der Waals surface area (Å²) in [5.41, 5.74) is 0. The predicted octanol–water partition coefficient (Wildman–Crippen LogP) is 1.55. The molecule has 2 unspecified atom stereocenters. The first-order valence-electron chi connectivity index (χ1n) is 6.30. The van der Waals surface area contributed by atoms with Gasteiger partial charge >= 0.3 is 0 Å². The fraction of sp³-hybridized carbons (Fsp3) is 1.00. The maximum absolute atomic E-state index is 8.92. The van der Waals surface area contributed by atoms with Gasteiger partial charge in [0.1, 0.15) is 0 Å². The molecule has 0 saturated carbocycles. The van der Waals surface area contributed by atoms with E-state index in [1.165, 1.54) is 25.7 Å². The van der Waals surface area contributed by atoms with Crippen LogP contribution in [0, 0.1) is 5.92 Å². The van der Waals surface area contributed by atoms with Crippen molar-refractivity contribution < 1.29 is 9.84 Å². The van der Waals surface area contributed by atoms with Crippen molar-refractivity contribution in [3.63, 3.8) is 0 Å². The van der Waals surface area contributed by atoms with Gasteiger partial charge in [0.05, 0.1) is 6.10 Å². The molecular weight excluding hydrogens is 190 g/mol. The smallest absolute Gasteiger partial charge is 0.0700 e. The van der Waals surface area contributed by atoms with E-state index in [1.54, 1.807) is 0 Å². The monoisotopic (exact) mass is 215 g/mol. The van der Waals surface area contributed by atoms with Crippen LogP contribution in [0.1, 0.15) is 39.0 Å². The van der Waals surface area contributed by atoms with E-state index in [2.05, 4.69) is 12.2 Å². The minimum atomic E-state index is 0.312. The normalized spacial score (nSPS) is 23.2. The third-order valence-electron chi connectivity index (χ3n) is 3.06. The lowest BCUT2D eigenvalue weighted by atomic mass is 10.0. The molecule has 0 aromatic carbocycles. The van der Waals surface area contributed by atoms with E-state index in [-0.39, 0.29) is 0 Å². The second kappa shape index (κ2) is 8.08. The van der Waals surface area contributed by atoms with Gasteiger partial charge in [0.2, 0.25) is 0 Å². The van der Waals surface area contributed by atoms with Gasteiger partial charge in [-0.05, 0) is 38.1 Å². The summed E-state index contributed by atoms with van der Waals surface area (Å²) in [4.78, 5) is 0. The molecule has 0 bridgehead atoms. The third-order valence-corrected chi connectivity index (χ3v) is 3.06. The molecule has 1 aliphatic heterocycles. The van der Waals surface area contributed by atoms with Crippen molar-refractivity contribution in [3.05, 3.63) is 0 Å². The summed E-state index contributed by atoms with van der Waals surface area (Å²) in [5, 5.41) is 12.4. The molecule has 0 spiro atoms. The van der Waals surface area contributed by atoms with Gasteiger partial charge in [-0.2, -0.15) is 0 Å². The first-order valence-corrected chi connectivity index (χ1v) is 6.30. The van der Waals surface area contributed by atoms with Crippen LogP contribution in [-0.4, -0.2) is 37.5 Å². The van der Waals surface area contributed by atoms with Crippen molar-refractivity contribution in [1.82, 2.24) is 5.32 Å². The minimum Gasteiger partial charge on any atom is -0.396 e. The van der Waals surface area contributed by atoms with Gasteiger partial charge in [-0.3, -0.25) is 0 Å². The van der Waals surface area contributed by atoms with Crippen LogP contribution in [0.2, 0.25) is 0 Å². The van der Waals surface area contributed by atoms with Crippen LogP contribution in [-0.2, 0) is 4.74 Å². The zero-order valence-corrected chi connectivity index (χ0v) is 9.87. The highest BCUT2D eigenvalue weighted by atomic mass is 16.5. The summed E-state index contributed by atoms with van der Waals surface area (Å²) in [5.74, 6) is 0.626. The van der Waals surface area contributed by atoms with Gasteiger partial charge in [0, 0.05) is 19.8 Å². The molecule has 1 rings (SSSR count). The van der Waals surface area contributed by atoms with E-state index < -0.39 is 0 Å². The van der Waals surface area contributed by atoms with Crippen molar-refractivity contribution in [3.8, 4) is 0 Å². The van der Waals surface area contributed by atoms with Gasteiger partial charge in [-0.1, -0.05) is 13.3 Å². The fourth-order valence-corrected chi connectivity index (χ4v) is 2.19. The van der Waals surface area contributed by atoms with Crippen LogP contribution in [0.25, 0.3) is 0 Å².